The molecule has 2 aromatic rings. The van der Waals surface area contributed by atoms with Gasteiger partial charge in [0.05, 0.1) is 36.9 Å². The van der Waals surface area contributed by atoms with Gasteiger partial charge in [0.1, 0.15) is 15.8 Å². The molecule has 0 bridgehead atoms. The summed E-state index contributed by atoms with van der Waals surface area (Å²) >= 11 is 12.9. The lowest BCUT2D eigenvalue weighted by Crippen LogP contribution is -2.22. The molecule has 0 aromatic heterocycles. The van der Waals surface area contributed by atoms with Crippen molar-refractivity contribution >= 4 is 51.9 Å². The standard InChI is InChI=1S/C23H24ClNO5S2/c1-4-28-19-12-15(13-20-22(26)25(2)23(31)32-20)11-18(24)21(19)30-10-6-9-29-17-8-5-7-16(14-17)27-3/h5,7-8,11-14H,4,6,9-10H2,1-3H3. The van der Waals surface area contributed by atoms with Gasteiger partial charge in [0.15, 0.2) is 11.5 Å². The van der Waals surface area contributed by atoms with Crippen molar-refractivity contribution < 1.29 is 23.7 Å². The normalized spacial score (nSPS) is 14.8. The second kappa shape index (κ2) is 11.4. The van der Waals surface area contributed by atoms with E-state index in [1.54, 1.807) is 32.4 Å². The monoisotopic (exact) mass is 493 g/mol. The SMILES string of the molecule is CCOc1cc(C=C2SC(=S)N(C)C2=O)cc(Cl)c1OCCCOc1cccc(OC)c1. The molecule has 0 atom stereocenters. The van der Waals surface area contributed by atoms with Gasteiger partial charge in [0.25, 0.3) is 5.91 Å². The molecule has 1 saturated heterocycles. The van der Waals surface area contributed by atoms with Crippen LogP contribution >= 0.6 is 35.6 Å². The fraction of sp³-hybridized carbons (Fsp3) is 0.304. The van der Waals surface area contributed by atoms with Crippen molar-refractivity contribution in [2.45, 2.75) is 13.3 Å². The molecule has 0 N–H and O–H groups in total. The number of thioether (sulfide) groups is 1. The van der Waals surface area contributed by atoms with Crippen LogP contribution in [0, 0.1) is 0 Å². The third kappa shape index (κ3) is 6.09. The van der Waals surface area contributed by atoms with Gasteiger partial charge in [0.2, 0.25) is 0 Å². The summed E-state index contributed by atoms with van der Waals surface area (Å²) in [6.07, 6.45) is 2.41. The summed E-state index contributed by atoms with van der Waals surface area (Å²) in [6, 6.07) is 11.0. The van der Waals surface area contributed by atoms with Crippen LogP contribution in [0.5, 0.6) is 23.0 Å². The molecule has 0 aliphatic carbocycles. The molecular formula is C23H24ClNO5S2. The van der Waals surface area contributed by atoms with Crippen LogP contribution in [0.15, 0.2) is 41.3 Å². The number of carbonyl (C=O) groups excluding carboxylic acids is 1. The van der Waals surface area contributed by atoms with Gasteiger partial charge in [-0.05, 0) is 42.8 Å². The van der Waals surface area contributed by atoms with Crippen molar-refractivity contribution in [3.8, 4) is 23.0 Å². The van der Waals surface area contributed by atoms with Crippen LogP contribution in [0.1, 0.15) is 18.9 Å². The van der Waals surface area contributed by atoms with Crippen LogP contribution < -0.4 is 18.9 Å². The van der Waals surface area contributed by atoms with E-state index in [0.29, 0.717) is 52.0 Å². The van der Waals surface area contributed by atoms with Crippen molar-refractivity contribution in [1.82, 2.24) is 4.90 Å². The lowest BCUT2D eigenvalue weighted by Gasteiger charge is -2.15. The van der Waals surface area contributed by atoms with Gasteiger partial charge in [0, 0.05) is 19.5 Å². The molecule has 1 aliphatic heterocycles. The Bertz CT molecular complexity index is 1030. The van der Waals surface area contributed by atoms with Crippen molar-refractivity contribution in [3.63, 3.8) is 0 Å². The number of carbonyl (C=O) groups is 1. The fourth-order valence-corrected chi connectivity index (χ4v) is 4.34. The summed E-state index contributed by atoms with van der Waals surface area (Å²) in [6.45, 7) is 3.21. The number of hydrogen-bond acceptors (Lipinski definition) is 7. The molecule has 1 heterocycles. The van der Waals surface area contributed by atoms with Crippen LogP contribution in [0.3, 0.4) is 0 Å². The van der Waals surface area contributed by atoms with Crippen molar-refractivity contribution in [1.29, 1.82) is 0 Å². The Morgan fingerprint density at radius 1 is 1.12 bits per heavy atom. The number of halogens is 1. The van der Waals surface area contributed by atoms with E-state index in [1.807, 2.05) is 31.2 Å². The maximum atomic E-state index is 12.3. The zero-order valence-corrected chi connectivity index (χ0v) is 20.4. The molecule has 2 aromatic carbocycles. The van der Waals surface area contributed by atoms with E-state index in [1.165, 1.54) is 16.7 Å². The predicted octanol–water partition coefficient (Wildman–Crippen LogP) is 5.43. The maximum Gasteiger partial charge on any atom is 0.265 e. The number of likely N-dealkylation sites (N-methyl/N-ethyl adjacent to an activating group) is 1. The second-order valence-electron chi connectivity index (χ2n) is 6.73. The van der Waals surface area contributed by atoms with Crippen LogP contribution in [-0.4, -0.2) is 49.1 Å². The van der Waals surface area contributed by atoms with E-state index in [2.05, 4.69) is 0 Å². The number of thiocarbonyl (C=S) groups is 1. The van der Waals surface area contributed by atoms with E-state index < -0.39 is 0 Å². The second-order valence-corrected chi connectivity index (χ2v) is 8.82. The minimum Gasteiger partial charge on any atom is -0.497 e. The molecule has 1 amide bonds. The number of ether oxygens (including phenoxy) is 4. The zero-order valence-electron chi connectivity index (χ0n) is 18.1. The van der Waals surface area contributed by atoms with Gasteiger partial charge in [-0.1, -0.05) is 41.6 Å². The Kier molecular flexibility index (Phi) is 8.67. The Balaban J connectivity index is 1.63. The summed E-state index contributed by atoms with van der Waals surface area (Å²) in [5, 5.41) is 0.405. The Labute approximate surface area is 202 Å². The van der Waals surface area contributed by atoms with Crippen molar-refractivity contribution in [2.24, 2.45) is 0 Å². The highest BCUT2D eigenvalue weighted by molar-refractivity contribution is 8.26. The molecule has 3 rings (SSSR count). The van der Waals surface area contributed by atoms with Crippen LogP contribution in [0.2, 0.25) is 5.02 Å². The van der Waals surface area contributed by atoms with Crippen LogP contribution in [0.4, 0.5) is 0 Å². The summed E-state index contributed by atoms with van der Waals surface area (Å²) < 4.78 is 23.1. The van der Waals surface area contributed by atoms with E-state index in [0.717, 1.165) is 17.1 Å². The van der Waals surface area contributed by atoms with Gasteiger partial charge in [-0.15, -0.1) is 0 Å². The van der Waals surface area contributed by atoms with E-state index in [9.17, 15) is 4.79 Å². The van der Waals surface area contributed by atoms with Gasteiger partial charge >= 0.3 is 0 Å². The molecule has 1 aliphatic rings. The maximum absolute atomic E-state index is 12.3. The molecule has 0 spiro atoms. The largest absolute Gasteiger partial charge is 0.497 e. The highest BCUT2D eigenvalue weighted by atomic mass is 35.5. The van der Waals surface area contributed by atoms with E-state index in [4.69, 9.17) is 42.8 Å². The summed E-state index contributed by atoms with van der Waals surface area (Å²) in [4.78, 5) is 14.3. The first-order chi connectivity index (χ1) is 15.4. The summed E-state index contributed by atoms with van der Waals surface area (Å²) in [5.74, 6) is 2.33. The molecule has 0 saturated carbocycles. The Morgan fingerprint density at radius 3 is 2.56 bits per heavy atom. The number of nitrogens with zero attached hydrogens (tertiary/aromatic N) is 1. The number of benzene rings is 2. The third-order valence-corrected chi connectivity index (χ3v) is 6.23. The lowest BCUT2D eigenvalue weighted by atomic mass is 10.1. The molecule has 0 radical (unpaired) electrons. The number of hydrogen-bond donors (Lipinski definition) is 0. The molecule has 6 nitrogen and oxygen atoms in total. The number of rotatable bonds is 10. The molecular weight excluding hydrogens is 470 g/mol. The average molecular weight is 494 g/mol. The molecule has 32 heavy (non-hydrogen) atoms. The average Bonchev–Trinajstić information content (AvgIpc) is 3.02. The number of amides is 1. The first-order valence-electron chi connectivity index (χ1n) is 10.0. The van der Waals surface area contributed by atoms with Gasteiger partial charge < -0.3 is 18.9 Å². The minimum absolute atomic E-state index is 0.134. The Hall–Kier alpha value is -2.42. The Morgan fingerprint density at radius 2 is 1.88 bits per heavy atom. The first-order valence-corrected chi connectivity index (χ1v) is 11.6. The van der Waals surface area contributed by atoms with Crippen molar-refractivity contribution in [3.05, 3.63) is 51.9 Å². The van der Waals surface area contributed by atoms with Crippen LogP contribution in [0.25, 0.3) is 6.08 Å². The summed E-state index contributed by atoms with van der Waals surface area (Å²) in [5.41, 5.74) is 0.737. The van der Waals surface area contributed by atoms with Gasteiger partial charge in [-0.3, -0.25) is 9.69 Å². The molecule has 9 heteroatoms. The smallest absolute Gasteiger partial charge is 0.265 e. The topological polar surface area (TPSA) is 57.2 Å². The highest BCUT2D eigenvalue weighted by Crippen LogP contribution is 2.39. The van der Waals surface area contributed by atoms with E-state index >= 15 is 0 Å². The summed E-state index contributed by atoms with van der Waals surface area (Å²) in [7, 11) is 3.28. The quantitative estimate of drug-likeness (QED) is 0.248. The van der Waals surface area contributed by atoms with Gasteiger partial charge in [-0.25, -0.2) is 0 Å². The predicted molar refractivity (Wildman–Crippen MR) is 132 cm³/mol. The fourth-order valence-electron chi connectivity index (χ4n) is 2.89. The zero-order chi connectivity index (χ0) is 23.1. The van der Waals surface area contributed by atoms with Gasteiger partial charge in [-0.2, -0.15) is 0 Å². The third-order valence-electron chi connectivity index (χ3n) is 4.46. The van der Waals surface area contributed by atoms with Crippen LogP contribution in [-0.2, 0) is 4.79 Å². The molecule has 1 fully saturated rings. The number of methoxy groups -OCH3 is 1. The molecule has 0 unspecified atom stereocenters. The highest BCUT2D eigenvalue weighted by Gasteiger charge is 2.28. The van der Waals surface area contributed by atoms with E-state index in [-0.39, 0.29) is 5.91 Å². The first kappa shape index (κ1) is 24.2. The minimum atomic E-state index is -0.134. The molecule has 170 valence electrons. The lowest BCUT2D eigenvalue weighted by molar-refractivity contribution is -0.121. The van der Waals surface area contributed by atoms with Crippen molar-refractivity contribution in [2.75, 3.05) is 34.0 Å².